The molecule has 0 unspecified atom stereocenters. The number of amides is 1. The molecule has 1 amide bonds. The first-order valence-corrected chi connectivity index (χ1v) is 8.14. The van der Waals surface area contributed by atoms with Gasteiger partial charge in [-0.2, -0.15) is 13.2 Å². The summed E-state index contributed by atoms with van der Waals surface area (Å²) in [6, 6.07) is 5.54. The summed E-state index contributed by atoms with van der Waals surface area (Å²) in [5.74, 6) is 0.155. The van der Waals surface area contributed by atoms with Gasteiger partial charge in [-0.05, 0) is 38.1 Å². The predicted molar refractivity (Wildman–Crippen MR) is 88.1 cm³/mol. The number of hydrogen-bond donors (Lipinski definition) is 1. The third-order valence-corrected chi connectivity index (χ3v) is 4.76. The molecule has 8 heteroatoms. The van der Waals surface area contributed by atoms with Crippen LogP contribution in [0.2, 0.25) is 0 Å². The largest absolute Gasteiger partial charge is 0.416 e. The number of nitrogens with zero attached hydrogens (tertiary/aromatic N) is 1. The molecule has 0 atom stereocenters. The van der Waals surface area contributed by atoms with Gasteiger partial charge in [0.2, 0.25) is 5.91 Å². The number of benzene rings is 1. The number of halogens is 4. The van der Waals surface area contributed by atoms with E-state index in [1.807, 2.05) is 7.05 Å². The topological polar surface area (TPSA) is 32.3 Å². The van der Waals surface area contributed by atoms with Crippen molar-refractivity contribution in [3.63, 3.8) is 0 Å². The van der Waals surface area contributed by atoms with E-state index in [4.69, 9.17) is 0 Å². The molecule has 0 spiro atoms. The first kappa shape index (κ1) is 20.1. The maximum absolute atomic E-state index is 12.6. The van der Waals surface area contributed by atoms with Crippen LogP contribution in [0.4, 0.5) is 13.2 Å². The van der Waals surface area contributed by atoms with E-state index in [2.05, 4.69) is 5.32 Å². The van der Waals surface area contributed by atoms with Crippen molar-refractivity contribution in [2.45, 2.75) is 30.0 Å². The Morgan fingerprint density at radius 2 is 2.00 bits per heavy atom. The number of likely N-dealkylation sites (tertiary alicyclic amines) is 1. The zero-order chi connectivity index (χ0) is 16.2. The third kappa shape index (κ3) is 5.90. The van der Waals surface area contributed by atoms with Crippen LogP contribution in [0, 0.1) is 0 Å². The molecule has 1 aliphatic heterocycles. The average molecular weight is 369 g/mol. The van der Waals surface area contributed by atoms with Crippen LogP contribution in [-0.4, -0.2) is 42.7 Å². The molecule has 1 aromatic rings. The summed E-state index contributed by atoms with van der Waals surface area (Å²) in [6.45, 7) is 1.40. The Morgan fingerprint density at radius 1 is 1.35 bits per heavy atom. The lowest BCUT2D eigenvalue weighted by Crippen LogP contribution is -2.44. The third-order valence-electron chi connectivity index (χ3n) is 3.78. The van der Waals surface area contributed by atoms with Gasteiger partial charge in [0.15, 0.2) is 0 Å². The lowest BCUT2D eigenvalue weighted by atomic mass is 10.1. The predicted octanol–water partition coefficient (Wildman–Crippen LogP) is 3.43. The van der Waals surface area contributed by atoms with Crippen LogP contribution in [0.15, 0.2) is 29.2 Å². The molecule has 1 saturated heterocycles. The number of alkyl halides is 3. The number of carbonyl (C=O) groups is 1. The van der Waals surface area contributed by atoms with Gasteiger partial charge in [-0.1, -0.05) is 6.07 Å². The highest BCUT2D eigenvalue weighted by Gasteiger charge is 2.30. The molecule has 1 N–H and O–H groups in total. The van der Waals surface area contributed by atoms with Gasteiger partial charge in [0.1, 0.15) is 0 Å². The van der Waals surface area contributed by atoms with E-state index in [1.165, 1.54) is 6.07 Å². The van der Waals surface area contributed by atoms with E-state index in [9.17, 15) is 18.0 Å². The number of carbonyl (C=O) groups excluding carboxylic acids is 1. The van der Waals surface area contributed by atoms with Crippen molar-refractivity contribution in [3.05, 3.63) is 29.8 Å². The van der Waals surface area contributed by atoms with Crippen molar-refractivity contribution in [2.24, 2.45) is 0 Å². The zero-order valence-electron chi connectivity index (χ0n) is 12.7. The lowest BCUT2D eigenvalue weighted by molar-refractivity contribution is -0.137. The summed E-state index contributed by atoms with van der Waals surface area (Å²) in [5, 5.41) is 3.19. The van der Waals surface area contributed by atoms with Gasteiger partial charge >= 0.3 is 6.18 Å². The molecule has 0 bridgehead atoms. The van der Waals surface area contributed by atoms with E-state index in [-0.39, 0.29) is 24.1 Å². The highest BCUT2D eigenvalue weighted by Crippen LogP contribution is 2.32. The van der Waals surface area contributed by atoms with E-state index >= 15 is 0 Å². The minimum atomic E-state index is -4.35. The second kappa shape index (κ2) is 8.80. The molecule has 1 heterocycles. The zero-order valence-corrected chi connectivity index (χ0v) is 14.4. The quantitative estimate of drug-likeness (QED) is 0.826. The number of nitrogens with one attached hydrogen (secondary N) is 1. The maximum atomic E-state index is 12.6. The van der Waals surface area contributed by atoms with Crippen molar-refractivity contribution >= 4 is 30.1 Å². The normalized spacial score (nSPS) is 16.1. The second-order valence-electron chi connectivity index (χ2n) is 5.26. The fourth-order valence-corrected chi connectivity index (χ4v) is 3.27. The van der Waals surface area contributed by atoms with Crippen LogP contribution in [0.5, 0.6) is 0 Å². The SMILES string of the molecule is CNC1CCN(C(=O)CSc2cccc(C(F)(F)F)c2)CC1.Cl. The van der Waals surface area contributed by atoms with Gasteiger partial charge in [0.25, 0.3) is 0 Å². The van der Waals surface area contributed by atoms with Gasteiger partial charge in [-0.25, -0.2) is 0 Å². The van der Waals surface area contributed by atoms with E-state index < -0.39 is 11.7 Å². The Bertz CT molecular complexity index is 520. The smallest absolute Gasteiger partial charge is 0.342 e. The van der Waals surface area contributed by atoms with Crippen molar-refractivity contribution in [1.29, 1.82) is 0 Å². The first-order chi connectivity index (χ1) is 10.4. The fourth-order valence-electron chi connectivity index (χ4n) is 2.42. The molecule has 2 rings (SSSR count). The average Bonchev–Trinajstić information content (AvgIpc) is 2.52. The molecule has 1 fully saturated rings. The van der Waals surface area contributed by atoms with Crippen molar-refractivity contribution in [2.75, 3.05) is 25.9 Å². The molecule has 0 aliphatic carbocycles. The molecule has 23 heavy (non-hydrogen) atoms. The van der Waals surface area contributed by atoms with Crippen molar-refractivity contribution < 1.29 is 18.0 Å². The van der Waals surface area contributed by atoms with E-state index in [1.54, 1.807) is 11.0 Å². The summed E-state index contributed by atoms with van der Waals surface area (Å²) >= 11 is 1.15. The number of thioether (sulfide) groups is 1. The van der Waals surface area contributed by atoms with E-state index in [0.29, 0.717) is 24.0 Å². The fraction of sp³-hybridized carbons (Fsp3) is 0.533. The number of piperidine rings is 1. The minimum absolute atomic E-state index is 0. The van der Waals surface area contributed by atoms with Crippen molar-refractivity contribution in [3.8, 4) is 0 Å². The van der Waals surface area contributed by atoms with Crippen LogP contribution in [0.1, 0.15) is 18.4 Å². The lowest BCUT2D eigenvalue weighted by Gasteiger charge is -2.31. The summed E-state index contributed by atoms with van der Waals surface area (Å²) in [6.07, 6.45) is -2.53. The van der Waals surface area contributed by atoms with Gasteiger partial charge in [-0.3, -0.25) is 4.79 Å². The molecule has 1 aromatic carbocycles. The molecule has 0 aromatic heterocycles. The molecule has 3 nitrogen and oxygen atoms in total. The molecule has 0 radical (unpaired) electrons. The van der Waals surface area contributed by atoms with E-state index in [0.717, 1.165) is 36.7 Å². The highest BCUT2D eigenvalue weighted by molar-refractivity contribution is 8.00. The van der Waals surface area contributed by atoms with Crippen LogP contribution < -0.4 is 5.32 Å². The van der Waals surface area contributed by atoms with Crippen molar-refractivity contribution in [1.82, 2.24) is 10.2 Å². The van der Waals surface area contributed by atoms with Crippen LogP contribution in [0.3, 0.4) is 0 Å². The standard InChI is InChI=1S/C15H19F3N2OS.ClH/c1-19-12-5-7-20(8-6-12)14(21)10-22-13-4-2-3-11(9-13)15(16,17)18;/h2-4,9,12,19H,5-8,10H2,1H3;1H. The van der Waals surface area contributed by atoms with Gasteiger partial charge in [0, 0.05) is 24.0 Å². The summed E-state index contributed by atoms with van der Waals surface area (Å²) in [5.41, 5.74) is -0.681. The molecule has 0 saturated carbocycles. The summed E-state index contributed by atoms with van der Waals surface area (Å²) in [7, 11) is 1.91. The highest BCUT2D eigenvalue weighted by atomic mass is 35.5. The summed E-state index contributed by atoms with van der Waals surface area (Å²) in [4.78, 5) is 14.4. The summed E-state index contributed by atoms with van der Waals surface area (Å²) < 4.78 is 37.9. The first-order valence-electron chi connectivity index (χ1n) is 7.15. The van der Waals surface area contributed by atoms with Gasteiger partial charge in [0.05, 0.1) is 11.3 Å². The van der Waals surface area contributed by atoms with Gasteiger partial charge < -0.3 is 10.2 Å². The van der Waals surface area contributed by atoms with Crippen LogP contribution in [0.25, 0.3) is 0 Å². The molecular formula is C15H20ClF3N2OS. The van der Waals surface area contributed by atoms with Crippen LogP contribution in [-0.2, 0) is 11.0 Å². The second-order valence-corrected chi connectivity index (χ2v) is 6.31. The Kier molecular flexibility index (Phi) is 7.70. The monoisotopic (exact) mass is 368 g/mol. The Morgan fingerprint density at radius 3 is 2.57 bits per heavy atom. The van der Waals surface area contributed by atoms with Gasteiger partial charge in [-0.15, -0.1) is 24.2 Å². The maximum Gasteiger partial charge on any atom is 0.416 e. The Labute approximate surface area is 144 Å². The number of rotatable bonds is 4. The molecular weight excluding hydrogens is 349 g/mol. The molecule has 130 valence electrons. The molecule has 1 aliphatic rings. The Balaban J connectivity index is 0.00000264. The minimum Gasteiger partial charge on any atom is -0.342 e. The van der Waals surface area contributed by atoms with Crippen LogP contribution >= 0.6 is 24.2 Å². The Hall–Kier alpha value is -0.920. The number of hydrogen-bond acceptors (Lipinski definition) is 3.